The number of methoxy groups -OCH3 is 1. The summed E-state index contributed by atoms with van der Waals surface area (Å²) in [7, 11) is 1.53. The Labute approximate surface area is 139 Å². The first-order valence-corrected chi connectivity index (χ1v) is 8.21. The molecule has 1 aromatic heterocycles. The standard InChI is InChI=1S/C18H22N2O4/c1-3-15(10-6-11(21)7-10)20-18(23)14-9-19-16-5-4-12(24-2)8-13(16)17(14)22/h4-5,8-11,15,21H,3,6-7H2,1-2H3,(H,19,22)(H,20,23). The molecule has 6 heteroatoms. The van der Waals surface area contributed by atoms with Gasteiger partial charge >= 0.3 is 0 Å². The number of pyridine rings is 1. The lowest BCUT2D eigenvalue weighted by atomic mass is 9.76. The highest BCUT2D eigenvalue weighted by Gasteiger charge is 2.34. The number of hydrogen-bond acceptors (Lipinski definition) is 4. The van der Waals surface area contributed by atoms with Crippen LogP contribution in [0.2, 0.25) is 0 Å². The molecule has 3 N–H and O–H groups in total. The number of carbonyl (C=O) groups is 1. The quantitative estimate of drug-likeness (QED) is 0.780. The molecule has 1 saturated carbocycles. The van der Waals surface area contributed by atoms with E-state index in [0.29, 0.717) is 29.5 Å². The number of nitrogens with one attached hydrogen (secondary N) is 2. The molecule has 1 unspecified atom stereocenters. The number of H-pyrrole nitrogens is 1. The number of aromatic nitrogens is 1. The molecule has 3 rings (SSSR count). The van der Waals surface area contributed by atoms with Gasteiger partial charge in [0.05, 0.1) is 13.2 Å². The molecular weight excluding hydrogens is 308 g/mol. The molecular formula is C18H22N2O4. The Kier molecular flexibility index (Phi) is 4.57. The average molecular weight is 330 g/mol. The molecule has 1 aliphatic rings. The summed E-state index contributed by atoms with van der Waals surface area (Å²) in [4.78, 5) is 28.2. The van der Waals surface area contributed by atoms with Crippen LogP contribution >= 0.6 is 0 Å². The van der Waals surface area contributed by atoms with Crippen molar-refractivity contribution in [2.45, 2.75) is 38.3 Å². The van der Waals surface area contributed by atoms with E-state index in [1.807, 2.05) is 6.92 Å². The van der Waals surface area contributed by atoms with Gasteiger partial charge in [-0.15, -0.1) is 0 Å². The van der Waals surface area contributed by atoms with Crippen molar-refractivity contribution >= 4 is 16.8 Å². The van der Waals surface area contributed by atoms with Crippen molar-refractivity contribution in [2.24, 2.45) is 5.92 Å². The first-order chi connectivity index (χ1) is 11.5. The van der Waals surface area contributed by atoms with Crippen LogP contribution in [0.25, 0.3) is 10.9 Å². The van der Waals surface area contributed by atoms with Gasteiger partial charge in [-0.1, -0.05) is 6.92 Å². The zero-order chi connectivity index (χ0) is 17.3. The molecule has 1 amide bonds. The van der Waals surface area contributed by atoms with Crippen LogP contribution in [0.15, 0.2) is 29.2 Å². The second kappa shape index (κ2) is 6.65. The van der Waals surface area contributed by atoms with Crippen LogP contribution in [0, 0.1) is 5.92 Å². The van der Waals surface area contributed by atoms with Crippen LogP contribution in [-0.4, -0.2) is 35.3 Å². The van der Waals surface area contributed by atoms with Gasteiger partial charge < -0.3 is 20.1 Å². The van der Waals surface area contributed by atoms with E-state index in [2.05, 4.69) is 10.3 Å². The molecule has 128 valence electrons. The van der Waals surface area contributed by atoms with Crippen LogP contribution in [0.3, 0.4) is 0 Å². The van der Waals surface area contributed by atoms with Crippen LogP contribution < -0.4 is 15.5 Å². The van der Waals surface area contributed by atoms with Crippen LogP contribution in [0.1, 0.15) is 36.5 Å². The van der Waals surface area contributed by atoms with Gasteiger partial charge in [-0.05, 0) is 43.4 Å². The summed E-state index contributed by atoms with van der Waals surface area (Å²) in [6.07, 6.45) is 3.35. The van der Waals surface area contributed by atoms with Gasteiger partial charge in [0.1, 0.15) is 11.3 Å². The molecule has 1 heterocycles. The number of aliphatic hydroxyl groups is 1. The smallest absolute Gasteiger partial charge is 0.256 e. The van der Waals surface area contributed by atoms with Crippen molar-refractivity contribution in [1.82, 2.24) is 10.3 Å². The molecule has 0 spiro atoms. The fourth-order valence-electron chi connectivity index (χ4n) is 3.25. The van der Waals surface area contributed by atoms with E-state index < -0.39 is 0 Å². The van der Waals surface area contributed by atoms with Crippen LogP contribution in [0.4, 0.5) is 0 Å². The third-order valence-electron chi connectivity index (χ3n) is 4.81. The molecule has 6 nitrogen and oxygen atoms in total. The first-order valence-electron chi connectivity index (χ1n) is 8.21. The molecule has 24 heavy (non-hydrogen) atoms. The monoisotopic (exact) mass is 330 g/mol. The van der Waals surface area contributed by atoms with Crippen molar-refractivity contribution in [3.05, 3.63) is 40.2 Å². The van der Waals surface area contributed by atoms with Crippen molar-refractivity contribution < 1.29 is 14.6 Å². The van der Waals surface area contributed by atoms with Gasteiger partial charge in [0.15, 0.2) is 0 Å². The van der Waals surface area contributed by atoms with E-state index >= 15 is 0 Å². The largest absolute Gasteiger partial charge is 0.497 e. The Morgan fingerprint density at radius 1 is 1.46 bits per heavy atom. The lowest BCUT2D eigenvalue weighted by molar-refractivity contribution is 0.0232. The molecule has 1 aliphatic carbocycles. The summed E-state index contributed by atoms with van der Waals surface area (Å²) >= 11 is 0. The summed E-state index contributed by atoms with van der Waals surface area (Å²) in [5, 5.41) is 12.8. The number of rotatable bonds is 5. The summed E-state index contributed by atoms with van der Waals surface area (Å²) in [5.74, 6) is 0.461. The lowest BCUT2D eigenvalue weighted by Crippen LogP contribution is -2.47. The van der Waals surface area contributed by atoms with Crippen molar-refractivity contribution in [2.75, 3.05) is 7.11 Å². The Bertz CT molecular complexity index is 808. The minimum Gasteiger partial charge on any atom is -0.497 e. The Morgan fingerprint density at radius 2 is 2.21 bits per heavy atom. The fraction of sp³-hybridized carbons (Fsp3) is 0.444. The van der Waals surface area contributed by atoms with E-state index in [1.165, 1.54) is 13.3 Å². The number of aliphatic hydroxyl groups excluding tert-OH is 1. The van der Waals surface area contributed by atoms with Crippen LogP contribution in [-0.2, 0) is 0 Å². The van der Waals surface area contributed by atoms with E-state index in [-0.39, 0.29) is 35.0 Å². The number of hydrogen-bond donors (Lipinski definition) is 3. The Hall–Kier alpha value is -2.34. The van der Waals surface area contributed by atoms with Crippen molar-refractivity contribution in [3.8, 4) is 5.75 Å². The number of benzene rings is 1. The highest BCUT2D eigenvalue weighted by Crippen LogP contribution is 2.31. The number of aromatic amines is 1. The highest BCUT2D eigenvalue weighted by atomic mass is 16.5. The lowest BCUT2D eigenvalue weighted by Gasteiger charge is -2.37. The molecule has 1 atom stereocenters. The van der Waals surface area contributed by atoms with Gasteiger partial charge in [-0.25, -0.2) is 0 Å². The van der Waals surface area contributed by atoms with Gasteiger partial charge in [0.2, 0.25) is 5.43 Å². The minimum absolute atomic E-state index is 0.0266. The Balaban J connectivity index is 1.86. The van der Waals surface area contributed by atoms with E-state index in [9.17, 15) is 14.7 Å². The fourth-order valence-corrected chi connectivity index (χ4v) is 3.25. The second-order valence-corrected chi connectivity index (χ2v) is 6.32. The average Bonchev–Trinajstić information content (AvgIpc) is 2.57. The SMILES string of the molecule is CCC(NC(=O)c1c[nH]c2ccc(OC)cc2c1=O)C1CC(O)C1. The maximum Gasteiger partial charge on any atom is 0.256 e. The Morgan fingerprint density at radius 3 is 2.83 bits per heavy atom. The molecule has 0 aliphatic heterocycles. The normalized spacial score (nSPS) is 21.1. The van der Waals surface area contributed by atoms with Crippen LogP contribution in [0.5, 0.6) is 5.75 Å². The molecule has 0 radical (unpaired) electrons. The van der Waals surface area contributed by atoms with Gasteiger partial charge in [-0.2, -0.15) is 0 Å². The van der Waals surface area contributed by atoms with Gasteiger partial charge in [-0.3, -0.25) is 9.59 Å². The third kappa shape index (κ3) is 3.01. The zero-order valence-electron chi connectivity index (χ0n) is 13.8. The van der Waals surface area contributed by atoms with E-state index in [0.717, 1.165) is 6.42 Å². The summed E-state index contributed by atoms with van der Waals surface area (Å²) in [6, 6.07) is 5.11. The van der Waals surface area contributed by atoms with E-state index in [1.54, 1.807) is 18.2 Å². The second-order valence-electron chi connectivity index (χ2n) is 6.32. The maximum atomic E-state index is 12.6. The van der Waals surface area contributed by atoms with Crippen molar-refractivity contribution in [3.63, 3.8) is 0 Å². The summed E-state index contributed by atoms with van der Waals surface area (Å²) in [6.45, 7) is 1.99. The number of amides is 1. The predicted molar refractivity (Wildman–Crippen MR) is 91.4 cm³/mol. The third-order valence-corrected chi connectivity index (χ3v) is 4.81. The maximum absolute atomic E-state index is 12.6. The minimum atomic E-state index is -0.380. The molecule has 0 bridgehead atoms. The number of carbonyl (C=O) groups excluding carboxylic acids is 1. The molecule has 0 saturated heterocycles. The number of ether oxygens (including phenoxy) is 1. The summed E-state index contributed by atoms with van der Waals surface area (Å²) in [5.41, 5.74) is 0.434. The molecule has 2 aromatic rings. The zero-order valence-corrected chi connectivity index (χ0v) is 13.8. The summed E-state index contributed by atoms with van der Waals surface area (Å²) < 4.78 is 5.15. The predicted octanol–water partition coefficient (Wildman–Crippen LogP) is 1.82. The molecule has 1 aromatic carbocycles. The number of fused-ring (bicyclic) bond motifs is 1. The van der Waals surface area contributed by atoms with Gasteiger partial charge in [0.25, 0.3) is 5.91 Å². The topological polar surface area (TPSA) is 91.4 Å². The molecule has 1 fully saturated rings. The van der Waals surface area contributed by atoms with Gasteiger partial charge in [0, 0.05) is 23.1 Å². The van der Waals surface area contributed by atoms with Crippen molar-refractivity contribution in [1.29, 1.82) is 0 Å². The first kappa shape index (κ1) is 16.5. The highest BCUT2D eigenvalue weighted by molar-refractivity contribution is 5.97. The van der Waals surface area contributed by atoms with E-state index in [4.69, 9.17) is 4.74 Å².